The minimum atomic E-state index is -0.886. The van der Waals surface area contributed by atoms with Crippen LogP contribution in [0.2, 0.25) is 0 Å². The van der Waals surface area contributed by atoms with Crippen molar-refractivity contribution in [1.29, 1.82) is 0 Å². The van der Waals surface area contributed by atoms with Crippen LogP contribution in [0.1, 0.15) is 41.4 Å². The average Bonchev–Trinajstić information content (AvgIpc) is 2.85. The number of hydrogen-bond donors (Lipinski definition) is 1. The van der Waals surface area contributed by atoms with E-state index in [2.05, 4.69) is 23.4 Å². The van der Waals surface area contributed by atoms with Gasteiger partial charge in [0.25, 0.3) is 0 Å². The molecule has 19 heavy (non-hydrogen) atoms. The number of rotatable bonds is 5. The molecule has 0 fully saturated rings. The molecule has 0 saturated carbocycles. The van der Waals surface area contributed by atoms with E-state index in [0.717, 1.165) is 18.5 Å². The Morgan fingerprint density at radius 3 is 2.58 bits per heavy atom. The Labute approximate surface area is 112 Å². The first-order chi connectivity index (χ1) is 9.08. The second-order valence-electron chi connectivity index (χ2n) is 4.92. The van der Waals surface area contributed by atoms with Crippen LogP contribution in [0.5, 0.6) is 0 Å². The van der Waals surface area contributed by atoms with Gasteiger partial charge < -0.3 is 9.67 Å². The summed E-state index contributed by atoms with van der Waals surface area (Å²) in [4.78, 5) is 14.9. The Kier molecular flexibility index (Phi) is 4.00. The SMILES string of the molecule is CC(C)c1cncn1CCc1ccc(C(=O)O)cc1. The van der Waals surface area contributed by atoms with Gasteiger partial charge in [-0.05, 0) is 30.0 Å². The van der Waals surface area contributed by atoms with Gasteiger partial charge in [-0.2, -0.15) is 0 Å². The molecule has 0 aliphatic carbocycles. The lowest BCUT2D eigenvalue weighted by molar-refractivity contribution is 0.0697. The van der Waals surface area contributed by atoms with Gasteiger partial charge >= 0.3 is 5.97 Å². The highest BCUT2D eigenvalue weighted by Crippen LogP contribution is 2.14. The maximum absolute atomic E-state index is 10.8. The summed E-state index contributed by atoms with van der Waals surface area (Å²) in [5, 5.41) is 8.84. The van der Waals surface area contributed by atoms with Crippen LogP contribution in [0.4, 0.5) is 0 Å². The molecule has 0 aliphatic rings. The molecular formula is C15H18N2O2. The van der Waals surface area contributed by atoms with Crippen molar-refractivity contribution >= 4 is 5.97 Å². The third-order valence-electron chi connectivity index (χ3n) is 3.18. The first kappa shape index (κ1) is 13.3. The fourth-order valence-electron chi connectivity index (χ4n) is 2.06. The van der Waals surface area contributed by atoms with Gasteiger partial charge in [-0.1, -0.05) is 26.0 Å². The van der Waals surface area contributed by atoms with E-state index in [1.807, 2.05) is 24.7 Å². The first-order valence-corrected chi connectivity index (χ1v) is 6.40. The van der Waals surface area contributed by atoms with Crippen molar-refractivity contribution in [3.8, 4) is 0 Å². The third kappa shape index (κ3) is 3.22. The molecule has 0 atom stereocenters. The van der Waals surface area contributed by atoms with Crippen LogP contribution >= 0.6 is 0 Å². The number of aryl methyl sites for hydroxylation is 2. The minimum Gasteiger partial charge on any atom is -0.478 e. The number of imidazole rings is 1. The zero-order valence-electron chi connectivity index (χ0n) is 11.2. The lowest BCUT2D eigenvalue weighted by Crippen LogP contribution is -2.06. The number of benzene rings is 1. The van der Waals surface area contributed by atoms with Crippen LogP contribution in [0.15, 0.2) is 36.8 Å². The predicted octanol–water partition coefficient (Wildman–Crippen LogP) is 2.95. The summed E-state index contributed by atoms with van der Waals surface area (Å²) in [6.45, 7) is 5.16. The van der Waals surface area contributed by atoms with Crippen LogP contribution in [0, 0.1) is 0 Å². The van der Waals surface area contributed by atoms with Crippen LogP contribution in [0.3, 0.4) is 0 Å². The molecule has 4 heteroatoms. The zero-order valence-corrected chi connectivity index (χ0v) is 11.2. The first-order valence-electron chi connectivity index (χ1n) is 6.40. The summed E-state index contributed by atoms with van der Waals surface area (Å²) in [6, 6.07) is 7.04. The van der Waals surface area contributed by atoms with Crippen molar-refractivity contribution in [3.05, 3.63) is 53.6 Å². The number of hydrogen-bond acceptors (Lipinski definition) is 2. The van der Waals surface area contributed by atoms with Crippen LogP contribution in [-0.4, -0.2) is 20.6 Å². The van der Waals surface area contributed by atoms with Gasteiger partial charge in [0.2, 0.25) is 0 Å². The van der Waals surface area contributed by atoms with E-state index in [1.165, 1.54) is 5.69 Å². The molecule has 0 amide bonds. The van der Waals surface area contributed by atoms with Gasteiger partial charge in [-0.15, -0.1) is 0 Å². The Balaban J connectivity index is 2.02. The lowest BCUT2D eigenvalue weighted by Gasteiger charge is -2.10. The monoisotopic (exact) mass is 258 g/mol. The van der Waals surface area contributed by atoms with E-state index >= 15 is 0 Å². The highest BCUT2D eigenvalue weighted by molar-refractivity contribution is 5.87. The highest BCUT2D eigenvalue weighted by Gasteiger charge is 2.06. The predicted molar refractivity (Wildman–Crippen MR) is 73.4 cm³/mol. The lowest BCUT2D eigenvalue weighted by atomic mass is 10.1. The number of carboxylic acids is 1. The Morgan fingerprint density at radius 2 is 2.00 bits per heavy atom. The number of aromatic nitrogens is 2. The molecule has 0 radical (unpaired) electrons. The van der Waals surface area contributed by atoms with Crippen molar-refractivity contribution in [1.82, 2.24) is 9.55 Å². The number of carboxylic acid groups (broad SMARTS) is 1. The van der Waals surface area contributed by atoms with Crippen LogP contribution in [0.25, 0.3) is 0 Å². The second kappa shape index (κ2) is 5.69. The van der Waals surface area contributed by atoms with Crippen molar-refractivity contribution in [2.75, 3.05) is 0 Å². The molecule has 100 valence electrons. The summed E-state index contributed by atoms with van der Waals surface area (Å²) < 4.78 is 2.15. The van der Waals surface area contributed by atoms with E-state index in [0.29, 0.717) is 11.5 Å². The molecule has 0 saturated heterocycles. The fourth-order valence-corrected chi connectivity index (χ4v) is 2.06. The van der Waals surface area contributed by atoms with Gasteiger partial charge in [-0.3, -0.25) is 0 Å². The molecule has 0 aliphatic heterocycles. The number of aromatic carboxylic acids is 1. The van der Waals surface area contributed by atoms with E-state index in [-0.39, 0.29) is 0 Å². The molecule has 2 aromatic rings. The van der Waals surface area contributed by atoms with Crippen LogP contribution in [-0.2, 0) is 13.0 Å². The summed E-state index contributed by atoms with van der Waals surface area (Å²) in [5.41, 5.74) is 2.69. The average molecular weight is 258 g/mol. The maximum atomic E-state index is 10.8. The summed E-state index contributed by atoms with van der Waals surface area (Å²) in [5.74, 6) is -0.430. The Bertz CT molecular complexity index is 556. The maximum Gasteiger partial charge on any atom is 0.335 e. The molecule has 1 aromatic carbocycles. The van der Waals surface area contributed by atoms with Crippen molar-refractivity contribution in [2.45, 2.75) is 32.7 Å². The summed E-state index contributed by atoms with van der Waals surface area (Å²) in [7, 11) is 0. The van der Waals surface area contributed by atoms with E-state index in [4.69, 9.17) is 5.11 Å². The highest BCUT2D eigenvalue weighted by atomic mass is 16.4. The van der Waals surface area contributed by atoms with Gasteiger partial charge in [0, 0.05) is 18.4 Å². The topological polar surface area (TPSA) is 55.1 Å². The molecule has 0 spiro atoms. The third-order valence-corrected chi connectivity index (χ3v) is 3.18. The Morgan fingerprint density at radius 1 is 1.32 bits per heavy atom. The van der Waals surface area contributed by atoms with Crippen molar-refractivity contribution < 1.29 is 9.90 Å². The molecule has 0 bridgehead atoms. The quantitative estimate of drug-likeness (QED) is 0.897. The number of carbonyl (C=O) groups is 1. The van der Waals surface area contributed by atoms with Gasteiger partial charge in [-0.25, -0.2) is 9.78 Å². The molecule has 2 rings (SSSR count). The van der Waals surface area contributed by atoms with E-state index in [9.17, 15) is 4.79 Å². The molecular weight excluding hydrogens is 240 g/mol. The molecule has 4 nitrogen and oxygen atoms in total. The van der Waals surface area contributed by atoms with E-state index < -0.39 is 5.97 Å². The Hall–Kier alpha value is -2.10. The minimum absolute atomic E-state index is 0.328. The van der Waals surface area contributed by atoms with Crippen molar-refractivity contribution in [3.63, 3.8) is 0 Å². The molecule has 1 aromatic heterocycles. The van der Waals surface area contributed by atoms with Crippen molar-refractivity contribution in [2.24, 2.45) is 0 Å². The molecule has 1 N–H and O–H groups in total. The molecule has 1 heterocycles. The summed E-state index contributed by atoms with van der Waals surface area (Å²) >= 11 is 0. The zero-order chi connectivity index (χ0) is 13.8. The number of nitrogens with zero attached hydrogens (tertiary/aromatic N) is 2. The normalized spacial score (nSPS) is 10.9. The van der Waals surface area contributed by atoms with Gasteiger partial charge in [0.05, 0.1) is 11.9 Å². The van der Waals surface area contributed by atoms with E-state index in [1.54, 1.807) is 12.1 Å². The largest absolute Gasteiger partial charge is 0.478 e. The molecule has 0 unspecified atom stereocenters. The van der Waals surface area contributed by atoms with Gasteiger partial charge in [0.15, 0.2) is 0 Å². The van der Waals surface area contributed by atoms with Crippen LogP contribution < -0.4 is 0 Å². The summed E-state index contributed by atoms with van der Waals surface area (Å²) in [6.07, 6.45) is 4.62. The van der Waals surface area contributed by atoms with Gasteiger partial charge in [0.1, 0.15) is 0 Å². The standard InChI is InChI=1S/C15H18N2O2/c1-11(2)14-9-16-10-17(14)8-7-12-3-5-13(6-4-12)15(18)19/h3-6,9-11H,7-8H2,1-2H3,(H,18,19). The second-order valence-corrected chi connectivity index (χ2v) is 4.92. The fraction of sp³-hybridized carbons (Fsp3) is 0.333. The smallest absolute Gasteiger partial charge is 0.335 e.